The molecule has 0 aliphatic heterocycles. The Balaban J connectivity index is 1.83. The molecule has 0 fully saturated rings. The number of aromatic nitrogens is 3. The van der Waals surface area contributed by atoms with Crippen LogP contribution >= 0.6 is 0 Å². The summed E-state index contributed by atoms with van der Waals surface area (Å²) >= 11 is 0. The third-order valence-electron chi connectivity index (χ3n) is 3.67. The standard InChI is InChI=1S/C17H19N3O/c1-2-9-20-17(18-12-19-20)11-16(21)15-8-7-13-5-3-4-6-14(13)10-15/h3-8,10,12,16,21H,2,9,11H2,1H3. The summed E-state index contributed by atoms with van der Waals surface area (Å²) in [5.41, 5.74) is 0.916. The first kappa shape index (κ1) is 13.8. The minimum atomic E-state index is -0.561. The molecule has 1 N–H and O–H groups in total. The lowest BCUT2D eigenvalue weighted by Gasteiger charge is -2.12. The average molecular weight is 281 g/mol. The van der Waals surface area contributed by atoms with E-state index in [1.165, 1.54) is 5.39 Å². The number of hydrogen-bond acceptors (Lipinski definition) is 3. The Morgan fingerprint density at radius 1 is 1.14 bits per heavy atom. The molecule has 0 saturated carbocycles. The van der Waals surface area contributed by atoms with Gasteiger partial charge in [-0.05, 0) is 28.8 Å². The van der Waals surface area contributed by atoms with Crippen LogP contribution in [0.2, 0.25) is 0 Å². The highest BCUT2D eigenvalue weighted by Crippen LogP contribution is 2.22. The number of hydrogen-bond donors (Lipinski definition) is 1. The predicted molar refractivity (Wildman–Crippen MR) is 82.9 cm³/mol. The molecule has 4 nitrogen and oxygen atoms in total. The maximum atomic E-state index is 10.5. The summed E-state index contributed by atoms with van der Waals surface area (Å²) in [6.45, 7) is 2.94. The Kier molecular flexibility index (Phi) is 3.97. The van der Waals surface area contributed by atoms with Gasteiger partial charge in [0, 0.05) is 13.0 Å². The highest BCUT2D eigenvalue weighted by molar-refractivity contribution is 5.83. The molecule has 0 bridgehead atoms. The fraction of sp³-hybridized carbons (Fsp3) is 0.294. The van der Waals surface area contributed by atoms with Crippen molar-refractivity contribution in [2.45, 2.75) is 32.4 Å². The lowest BCUT2D eigenvalue weighted by molar-refractivity contribution is 0.174. The SMILES string of the molecule is CCCn1ncnc1CC(O)c1ccc2ccccc2c1. The molecule has 0 spiro atoms. The average Bonchev–Trinajstić information content (AvgIpc) is 2.94. The smallest absolute Gasteiger partial charge is 0.138 e. The molecule has 21 heavy (non-hydrogen) atoms. The Hall–Kier alpha value is -2.20. The minimum absolute atomic E-state index is 0.484. The van der Waals surface area contributed by atoms with Crippen LogP contribution in [0.5, 0.6) is 0 Å². The molecule has 3 aromatic rings. The Morgan fingerprint density at radius 2 is 1.95 bits per heavy atom. The van der Waals surface area contributed by atoms with Crippen molar-refractivity contribution in [3.05, 3.63) is 60.2 Å². The summed E-state index contributed by atoms with van der Waals surface area (Å²) in [4.78, 5) is 4.25. The van der Waals surface area contributed by atoms with Crippen molar-refractivity contribution >= 4 is 10.8 Å². The molecule has 0 radical (unpaired) electrons. The van der Waals surface area contributed by atoms with Gasteiger partial charge < -0.3 is 5.11 Å². The molecule has 1 heterocycles. The van der Waals surface area contributed by atoms with Crippen molar-refractivity contribution in [3.63, 3.8) is 0 Å². The fourth-order valence-corrected chi connectivity index (χ4v) is 2.55. The van der Waals surface area contributed by atoms with Crippen molar-refractivity contribution in [2.75, 3.05) is 0 Å². The summed E-state index contributed by atoms with van der Waals surface area (Å²) in [5, 5.41) is 17.0. The van der Waals surface area contributed by atoms with Crippen LogP contribution in [-0.4, -0.2) is 19.9 Å². The molecular weight excluding hydrogens is 262 g/mol. The normalized spacial score (nSPS) is 12.7. The third kappa shape index (κ3) is 2.95. The first-order valence-corrected chi connectivity index (χ1v) is 7.31. The fourth-order valence-electron chi connectivity index (χ4n) is 2.55. The van der Waals surface area contributed by atoms with E-state index in [0.717, 1.165) is 29.7 Å². The summed E-state index contributed by atoms with van der Waals surface area (Å²) in [5.74, 6) is 0.831. The van der Waals surface area contributed by atoms with Gasteiger partial charge in [0.2, 0.25) is 0 Å². The Morgan fingerprint density at radius 3 is 2.76 bits per heavy atom. The van der Waals surface area contributed by atoms with Gasteiger partial charge in [-0.15, -0.1) is 0 Å². The van der Waals surface area contributed by atoms with Gasteiger partial charge in [0.1, 0.15) is 12.2 Å². The van der Waals surface area contributed by atoms with Gasteiger partial charge in [0.05, 0.1) is 6.10 Å². The van der Waals surface area contributed by atoms with E-state index in [2.05, 4.69) is 29.1 Å². The van der Waals surface area contributed by atoms with E-state index in [1.54, 1.807) is 6.33 Å². The summed E-state index contributed by atoms with van der Waals surface area (Å²) in [7, 11) is 0. The van der Waals surface area contributed by atoms with E-state index in [9.17, 15) is 5.11 Å². The van der Waals surface area contributed by atoms with E-state index in [4.69, 9.17) is 0 Å². The highest BCUT2D eigenvalue weighted by Gasteiger charge is 2.13. The number of fused-ring (bicyclic) bond motifs is 1. The van der Waals surface area contributed by atoms with Crippen molar-refractivity contribution in [2.24, 2.45) is 0 Å². The van der Waals surface area contributed by atoms with E-state index >= 15 is 0 Å². The first-order valence-electron chi connectivity index (χ1n) is 7.31. The Labute approximate surface area is 124 Å². The molecule has 1 unspecified atom stereocenters. The molecule has 1 aromatic heterocycles. The van der Waals surface area contributed by atoms with E-state index in [0.29, 0.717) is 6.42 Å². The lowest BCUT2D eigenvalue weighted by atomic mass is 10.0. The second kappa shape index (κ2) is 6.06. The van der Waals surface area contributed by atoms with Crippen LogP contribution in [0.1, 0.15) is 30.8 Å². The third-order valence-corrected chi connectivity index (χ3v) is 3.67. The molecule has 0 aliphatic rings. The van der Waals surface area contributed by atoms with Crippen LogP contribution in [0.3, 0.4) is 0 Å². The number of benzene rings is 2. The van der Waals surface area contributed by atoms with Crippen LogP contribution in [0.4, 0.5) is 0 Å². The van der Waals surface area contributed by atoms with Gasteiger partial charge in [0.25, 0.3) is 0 Å². The maximum absolute atomic E-state index is 10.5. The first-order chi connectivity index (χ1) is 10.3. The summed E-state index contributed by atoms with van der Waals surface area (Å²) in [6, 6.07) is 14.2. The van der Waals surface area contributed by atoms with Crippen molar-refractivity contribution < 1.29 is 5.11 Å². The van der Waals surface area contributed by atoms with Gasteiger partial charge in [-0.25, -0.2) is 4.98 Å². The maximum Gasteiger partial charge on any atom is 0.138 e. The topological polar surface area (TPSA) is 50.9 Å². The molecule has 3 rings (SSSR count). The van der Waals surface area contributed by atoms with Gasteiger partial charge in [-0.2, -0.15) is 5.10 Å². The molecule has 1 atom stereocenters. The zero-order valence-corrected chi connectivity index (χ0v) is 12.1. The second-order valence-corrected chi connectivity index (χ2v) is 5.23. The van der Waals surface area contributed by atoms with Crippen LogP contribution in [-0.2, 0) is 13.0 Å². The van der Waals surface area contributed by atoms with Gasteiger partial charge in [0.15, 0.2) is 0 Å². The van der Waals surface area contributed by atoms with Gasteiger partial charge >= 0.3 is 0 Å². The Bertz CT molecular complexity index is 735. The van der Waals surface area contributed by atoms with E-state index in [1.807, 2.05) is 35.0 Å². The quantitative estimate of drug-likeness (QED) is 0.781. The van der Waals surface area contributed by atoms with E-state index < -0.39 is 6.10 Å². The van der Waals surface area contributed by atoms with E-state index in [-0.39, 0.29) is 0 Å². The molecule has 0 saturated heterocycles. The number of rotatable bonds is 5. The van der Waals surface area contributed by atoms with Crippen molar-refractivity contribution in [3.8, 4) is 0 Å². The molecule has 108 valence electrons. The summed E-state index contributed by atoms with van der Waals surface area (Å²) < 4.78 is 1.87. The van der Waals surface area contributed by atoms with Gasteiger partial charge in [-0.1, -0.05) is 43.3 Å². The molecule has 0 aliphatic carbocycles. The lowest BCUT2D eigenvalue weighted by Crippen LogP contribution is -2.10. The molecule has 0 amide bonds. The zero-order valence-electron chi connectivity index (χ0n) is 12.1. The highest BCUT2D eigenvalue weighted by atomic mass is 16.3. The van der Waals surface area contributed by atoms with Gasteiger partial charge in [-0.3, -0.25) is 4.68 Å². The van der Waals surface area contributed by atoms with Crippen molar-refractivity contribution in [1.29, 1.82) is 0 Å². The molecule has 2 aromatic carbocycles. The van der Waals surface area contributed by atoms with Crippen LogP contribution in [0.15, 0.2) is 48.8 Å². The number of aliphatic hydroxyl groups is 1. The number of nitrogens with zero attached hydrogens (tertiary/aromatic N) is 3. The van der Waals surface area contributed by atoms with Crippen LogP contribution < -0.4 is 0 Å². The predicted octanol–water partition coefficient (Wildman–Crippen LogP) is 3.12. The summed E-state index contributed by atoms with van der Waals surface area (Å²) in [6.07, 6.45) is 2.48. The largest absolute Gasteiger partial charge is 0.388 e. The monoisotopic (exact) mass is 281 g/mol. The number of aryl methyl sites for hydroxylation is 1. The van der Waals surface area contributed by atoms with Crippen molar-refractivity contribution in [1.82, 2.24) is 14.8 Å². The second-order valence-electron chi connectivity index (χ2n) is 5.23. The minimum Gasteiger partial charge on any atom is -0.388 e. The molecule has 4 heteroatoms. The van der Waals surface area contributed by atoms with Crippen LogP contribution in [0.25, 0.3) is 10.8 Å². The molecular formula is C17H19N3O. The zero-order chi connectivity index (χ0) is 14.7. The van der Waals surface area contributed by atoms with Crippen LogP contribution in [0, 0.1) is 0 Å². The number of aliphatic hydroxyl groups excluding tert-OH is 1.